The van der Waals surface area contributed by atoms with E-state index in [-0.39, 0.29) is 31.1 Å². The lowest BCUT2D eigenvalue weighted by Crippen LogP contribution is -2.53. The number of hydrogen-bond donors (Lipinski definition) is 0. The van der Waals surface area contributed by atoms with E-state index in [1.54, 1.807) is 19.2 Å². The molecule has 154 valence electrons. The second-order valence-electron chi connectivity index (χ2n) is 6.39. The topological polar surface area (TPSA) is 87.2 Å². The molecule has 1 aromatic rings. The maximum atomic E-state index is 12.8. The molecule has 0 radical (unpaired) electrons. The predicted octanol–water partition coefficient (Wildman–Crippen LogP) is 1.37. The van der Waals surface area contributed by atoms with E-state index in [0.717, 1.165) is 12.8 Å². The summed E-state index contributed by atoms with van der Waals surface area (Å²) in [6.07, 6.45) is 1.70. The third-order valence-corrected chi connectivity index (χ3v) is 8.42. The number of nitrogens with zero attached hydrogens (tertiary/aromatic N) is 3. The average molecular weight is 420 g/mol. The molecule has 1 aliphatic heterocycles. The smallest absolute Gasteiger partial charge is 0.281 e. The Morgan fingerprint density at radius 1 is 0.963 bits per heavy atom. The molecule has 0 N–H and O–H groups in total. The lowest BCUT2D eigenvalue weighted by Gasteiger charge is -2.35. The Bertz CT molecular complexity index is 801. The zero-order valence-electron chi connectivity index (χ0n) is 16.2. The molecule has 10 heteroatoms. The monoisotopic (exact) mass is 419 g/mol. The van der Waals surface area contributed by atoms with Crippen molar-refractivity contribution >= 4 is 20.2 Å². The van der Waals surface area contributed by atoms with Gasteiger partial charge in [0, 0.05) is 39.8 Å². The molecule has 8 nitrogen and oxygen atoms in total. The molecule has 0 atom stereocenters. The molecule has 1 aliphatic rings. The Hall–Kier alpha value is -1.20. The van der Waals surface area contributed by atoms with E-state index in [1.165, 1.54) is 25.0 Å². The van der Waals surface area contributed by atoms with Gasteiger partial charge in [-0.2, -0.15) is 21.3 Å². The van der Waals surface area contributed by atoms with Crippen LogP contribution in [0, 0.1) is 0 Å². The van der Waals surface area contributed by atoms with Crippen LogP contribution >= 0.6 is 0 Å². The first kappa shape index (κ1) is 22.1. The molecule has 0 saturated carbocycles. The van der Waals surface area contributed by atoms with Gasteiger partial charge in [-0.3, -0.25) is 0 Å². The van der Waals surface area contributed by atoms with E-state index in [0.29, 0.717) is 18.9 Å². The molecule has 2 rings (SSSR count). The fraction of sp³-hybridized carbons (Fsp3) is 0.647. The molecule has 0 amide bonds. The quantitative estimate of drug-likeness (QED) is 0.603. The molecule has 27 heavy (non-hydrogen) atoms. The summed E-state index contributed by atoms with van der Waals surface area (Å²) in [4.78, 5) is 0.183. The highest BCUT2D eigenvalue weighted by molar-refractivity contribution is 7.89. The summed E-state index contributed by atoms with van der Waals surface area (Å²) >= 11 is 0. The fourth-order valence-corrected chi connectivity index (χ4v) is 5.66. The minimum absolute atomic E-state index is 0.135. The van der Waals surface area contributed by atoms with E-state index in [1.807, 2.05) is 13.8 Å². The summed E-state index contributed by atoms with van der Waals surface area (Å²) in [5.41, 5.74) is 0. The van der Waals surface area contributed by atoms with E-state index < -0.39 is 20.2 Å². The van der Waals surface area contributed by atoms with Crippen molar-refractivity contribution in [2.24, 2.45) is 0 Å². The molecule has 1 aromatic carbocycles. The lowest BCUT2D eigenvalue weighted by molar-refractivity contribution is 0.258. The van der Waals surface area contributed by atoms with Gasteiger partial charge in [0.25, 0.3) is 10.2 Å². The third kappa shape index (κ3) is 5.20. The Kier molecular flexibility index (Phi) is 7.64. The van der Waals surface area contributed by atoms with Crippen molar-refractivity contribution in [2.45, 2.75) is 31.6 Å². The van der Waals surface area contributed by atoms with E-state index >= 15 is 0 Å². The number of benzene rings is 1. The molecule has 0 bridgehead atoms. The first-order valence-corrected chi connectivity index (χ1v) is 12.0. The SMILES string of the molecule is CCCCN(C)S(=O)(=O)N1CCN(S(=O)(=O)c2ccc(OCC)cc2)CC1. The van der Waals surface area contributed by atoms with Crippen molar-refractivity contribution < 1.29 is 21.6 Å². The fourth-order valence-electron chi connectivity index (χ4n) is 2.86. The third-order valence-electron chi connectivity index (χ3n) is 4.52. The molecule has 0 unspecified atom stereocenters. The Labute approximate surface area is 162 Å². The van der Waals surface area contributed by atoms with Crippen LogP contribution in [-0.2, 0) is 20.2 Å². The van der Waals surface area contributed by atoms with Crippen molar-refractivity contribution in [1.82, 2.24) is 12.9 Å². The molecule has 0 spiro atoms. The van der Waals surface area contributed by atoms with Crippen LogP contribution in [0.15, 0.2) is 29.2 Å². The van der Waals surface area contributed by atoms with E-state index in [2.05, 4.69) is 0 Å². The standard InChI is InChI=1S/C17H29N3O5S2/c1-4-6-11-18(3)27(23,24)20-14-12-19(13-15-20)26(21,22)17-9-7-16(8-10-17)25-5-2/h7-10H,4-6,11-15H2,1-3H3. The molecular formula is C17H29N3O5S2. The highest BCUT2D eigenvalue weighted by atomic mass is 32.2. The van der Waals surface area contributed by atoms with Gasteiger partial charge in [-0.1, -0.05) is 13.3 Å². The van der Waals surface area contributed by atoms with Gasteiger partial charge in [0.1, 0.15) is 5.75 Å². The number of piperazine rings is 1. The van der Waals surface area contributed by atoms with Crippen LogP contribution < -0.4 is 4.74 Å². The second-order valence-corrected chi connectivity index (χ2v) is 10.4. The van der Waals surface area contributed by atoms with Crippen molar-refractivity contribution in [3.63, 3.8) is 0 Å². The molecule has 0 aliphatic carbocycles. The largest absolute Gasteiger partial charge is 0.494 e. The summed E-state index contributed by atoms with van der Waals surface area (Å²) < 4.78 is 60.1. The van der Waals surface area contributed by atoms with Gasteiger partial charge in [0.05, 0.1) is 11.5 Å². The van der Waals surface area contributed by atoms with Crippen LogP contribution in [0.25, 0.3) is 0 Å². The van der Waals surface area contributed by atoms with Crippen LogP contribution in [0.2, 0.25) is 0 Å². The van der Waals surface area contributed by atoms with Crippen molar-refractivity contribution in [1.29, 1.82) is 0 Å². The first-order valence-electron chi connectivity index (χ1n) is 9.18. The zero-order valence-corrected chi connectivity index (χ0v) is 17.8. The van der Waals surface area contributed by atoms with Crippen LogP contribution in [0.4, 0.5) is 0 Å². The number of rotatable bonds is 9. The van der Waals surface area contributed by atoms with E-state index in [4.69, 9.17) is 4.74 Å². The highest BCUT2D eigenvalue weighted by Crippen LogP contribution is 2.22. The Balaban J connectivity index is 2.03. The number of unbranched alkanes of at least 4 members (excludes halogenated alkanes) is 1. The molecule has 1 saturated heterocycles. The second kappa shape index (κ2) is 9.33. The lowest BCUT2D eigenvalue weighted by atomic mass is 10.3. The van der Waals surface area contributed by atoms with E-state index in [9.17, 15) is 16.8 Å². The van der Waals surface area contributed by atoms with Gasteiger partial charge >= 0.3 is 0 Å². The maximum Gasteiger partial charge on any atom is 0.281 e. The number of hydrogen-bond acceptors (Lipinski definition) is 5. The summed E-state index contributed by atoms with van der Waals surface area (Å²) in [6, 6.07) is 6.28. The summed E-state index contributed by atoms with van der Waals surface area (Å²) in [5.74, 6) is 0.613. The van der Waals surface area contributed by atoms with Crippen LogP contribution in [0.1, 0.15) is 26.7 Å². The minimum atomic E-state index is -3.65. The average Bonchev–Trinajstić information content (AvgIpc) is 2.66. The van der Waals surface area contributed by atoms with Gasteiger partial charge in [-0.25, -0.2) is 8.42 Å². The van der Waals surface area contributed by atoms with Crippen LogP contribution in [0.3, 0.4) is 0 Å². The minimum Gasteiger partial charge on any atom is -0.494 e. The summed E-state index contributed by atoms with van der Waals surface area (Å²) in [6.45, 7) is 5.40. The molecule has 1 heterocycles. The van der Waals surface area contributed by atoms with Gasteiger partial charge in [0.2, 0.25) is 10.0 Å². The van der Waals surface area contributed by atoms with Gasteiger partial charge < -0.3 is 4.74 Å². The normalized spacial score (nSPS) is 17.3. The van der Waals surface area contributed by atoms with Crippen LogP contribution in [0.5, 0.6) is 5.75 Å². The summed E-state index contributed by atoms with van der Waals surface area (Å²) in [7, 11) is -5.64. The Morgan fingerprint density at radius 3 is 2.04 bits per heavy atom. The van der Waals surface area contributed by atoms with Crippen molar-refractivity contribution in [3.8, 4) is 5.75 Å². The van der Waals surface area contributed by atoms with Crippen molar-refractivity contribution in [3.05, 3.63) is 24.3 Å². The van der Waals surface area contributed by atoms with Crippen molar-refractivity contribution in [2.75, 3.05) is 46.4 Å². The predicted molar refractivity (Wildman–Crippen MR) is 104 cm³/mol. The van der Waals surface area contributed by atoms with Crippen LogP contribution in [-0.4, -0.2) is 76.1 Å². The molecule has 1 fully saturated rings. The molecule has 0 aromatic heterocycles. The number of ether oxygens (including phenoxy) is 1. The first-order chi connectivity index (χ1) is 12.7. The molecular weight excluding hydrogens is 390 g/mol. The summed E-state index contributed by atoms with van der Waals surface area (Å²) in [5, 5.41) is 0. The highest BCUT2D eigenvalue weighted by Gasteiger charge is 2.34. The number of sulfonamides is 1. The zero-order chi connectivity index (χ0) is 20.1. The Morgan fingerprint density at radius 2 is 1.52 bits per heavy atom. The van der Waals surface area contributed by atoms with Gasteiger partial charge in [-0.15, -0.1) is 0 Å². The maximum absolute atomic E-state index is 12.8. The van der Waals surface area contributed by atoms with Gasteiger partial charge in [-0.05, 0) is 37.6 Å². The van der Waals surface area contributed by atoms with Gasteiger partial charge in [0.15, 0.2) is 0 Å².